The first kappa shape index (κ1) is 16.5. The summed E-state index contributed by atoms with van der Waals surface area (Å²) in [6, 6.07) is 27.2. The van der Waals surface area contributed by atoms with E-state index in [0.29, 0.717) is 6.42 Å². The van der Waals surface area contributed by atoms with Crippen molar-refractivity contribution >= 4 is 5.57 Å². The first-order chi connectivity index (χ1) is 12.7. The molecule has 0 aliphatic heterocycles. The third-order valence-corrected chi connectivity index (χ3v) is 4.86. The van der Waals surface area contributed by atoms with Crippen LogP contribution in [0.15, 0.2) is 97.1 Å². The lowest BCUT2D eigenvalue weighted by Gasteiger charge is -2.31. The molecule has 0 fully saturated rings. The van der Waals surface area contributed by atoms with Gasteiger partial charge in [0.05, 0.1) is 5.66 Å². The second kappa shape index (κ2) is 6.75. The molecule has 0 amide bonds. The Morgan fingerprint density at radius 1 is 0.654 bits per heavy atom. The van der Waals surface area contributed by atoms with Gasteiger partial charge in [-0.2, -0.15) is 0 Å². The molecule has 0 saturated carbocycles. The van der Waals surface area contributed by atoms with E-state index < -0.39 is 5.66 Å². The van der Waals surface area contributed by atoms with Crippen LogP contribution in [0.25, 0.3) is 27.8 Å². The molecule has 0 radical (unpaired) electrons. The quantitative estimate of drug-likeness (QED) is 0.662. The molecule has 2 heteroatoms. The van der Waals surface area contributed by atoms with Gasteiger partial charge in [-0.15, -0.1) is 0 Å². The molecule has 0 bridgehead atoms. The molecule has 0 spiro atoms. The van der Waals surface area contributed by atoms with Gasteiger partial charge in [-0.05, 0) is 33.4 Å². The normalized spacial score (nSPS) is 15.5. The van der Waals surface area contributed by atoms with E-state index in [1.165, 1.54) is 16.7 Å². The second-order valence-corrected chi connectivity index (χ2v) is 6.71. The summed E-state index contributed by atoms with van der Waals surface area (Å²) in [5, 5.41) is 0. The van der Waals surface area contributed by atoms with Crippen molar-refractivity contribution in [3.63, 3.8) is 0 Å². The molecule has 4 rings (SSSR count). The van der Waals surface area contributed by atoms with Crippen molar-refractivity contribution in [1.29, 1.82) is 0 Å². The van der Waals surface area contributed by atoms with Crippen molar-refractivity contribution in [2.24, 2.45) is 11.5 Å². The van der Waals surface area contributed by atoms with Gasteiger partial charge < -0.3 is 11.5 Å². The van der Waals surface area contributed by atoms with E-state index in [9.17, 15) is 0 Å². The van der Waals surface area contributed by atoms with Gasteiger partial charge in [0, 0.05) is 6.42 Å². The lowest BCUT2D eigenvalue weighted by atomic mass is 9.81. The van der Waals surface area contributed by atoms with Crippen LogP contribution in [0.1, 0.15) is 12.0 Å². The molecule has 2 nitrogen and oxygen atoms in total. The molecule has 3 aromatic carbocycles. The maximum absolute atomic E-state index is 6.45. The Bertz CT molecular complexity index is 968. The van der Waals surface area contributed by atoms with Crippen LogP contribution >= 0.6 is 0 Å². The third-order valence-electron chi connectivity index (χ3n) is 4.86. The minimum atomic E-state index is -0.867. The third kappa shape index (κ3) is 3.01. The zero-order chi connectivity index (χ0) is 18.0. The topological polar surface area (TPSA) is 52.0 Å². The van der Waals surface area contributed by atoms with E-state index >= 15 is 0 Å². The van der Waals surface area contributed by atoms with E-state index in [-0.39, 0.29) is 0 Å². The molecule has 1 aliphatic rings. The van der Waals surface area contributed by atoms with E-state index in [4.69, 9.17) is 11.5 Å². The van der Waals surface area contributed by atoms with E-state index in [0.717, 1.165) is 16.7 Å². The first-order valence-corrected chi connectivity index (χ1v) is 8.86. The van der Waals surface area contributed by atoms with Crippen molar-refractivity contribution < 1.29 is 0 Å². The van der Waals surface area contributed by atoms with Crippen LogP contribution in [0, 0.1) is 0 Å². The number of benzene rings is 3. The maximum Gasteiger partial charge on any atom is 0.0940 e. The second-order valence-electron chi connectivity index (χ2n) is 6.71. The Morgan fingerprint density at radius 2 is 1.27 bits per heavy atom. The summed E-state index contributed by atoms with van der Waals surface area (Å²) in [6.07, 6.45) is 6.73. The molecular weight excluding hydrogens is 316 g/mol. The average molecular weight is 338 g/mol. The highest BCUT2D eigenvalue weighted by Crippen LogP contribution is 2.40. The Labute approximate surface area is 154 Å². The molecule has 0 unspecified atom stereocenters. The zero-order valence-corrected chi connectivity index (χ0v) is 14.6. The monoisotopic (exact) mass is 338 g/mol. The lowest BCUT2D eigenvalue weighted by molar-refractivity contribution is 0.577. The highest BCUT2D eigenvalue weighted by atomic mass is 15.0. The predicted octanol–water partition coefficient (Wildman–Crippen LogP) is 4.98. The fourth-order valence-electron chi connectivity index (χ4n) is 3.58. The van der Waals surface area contributed by atoms with Crippen molar-refractivity contribution in [3.05, 3.63) is 103 Å². The van der Waals surface area contributed by atoms with Crippen LogP contribution in [0.5, 0.6) is 0 Å². The Kier molecular flexibility index (Phi) is 4.29. The summed E-state index contributed by atoms with van der Waals surface area (Å²) in [5.41, 5.74) is 18.8. The molecule has 0 aromatic heterocycles. The summed E-state index contributed by atoms with van der Waals surface area (Å²) < 4.78 is 0. The van der Waals surface area contributed by atoms with Gasteiger partial charge in [0.2, 0.25) is 0 Å². The summed E-state index contributed by atoms with van der Waals surface area (Å²) in [4.78, 5) is 0. The van der Waals surface area contributed by atoms with Crippen LogP contribution in [-0.2, 0) is 0 Å². The highest BCUT2D eigenvalue weighted by molar-refractivity contribution is 5.94. The van der Waals surface area contributed by atoms with Crippen LogP contribution < -0.4 is 11.5 Å². The van der Waals surface area contributed by atoms with Gasteiger partial charge in [0.25, 0.3) is 0 Å². The van der Waals surface area contributed by atoms with Crippen molar-refractivity contribution in [2.45, 2.75) is 12.1 Å². The molecule has 3 aromatic rings. The number of hydrogen-bond donors (Lipinski definition) is 2. The highest BCUT2D eigenvalue weighted by Gasteiger charge is 2.28. The Balaban J connectivity index is 2.01. The Hall–Kier alpha value is -2.94. The summed E-state index contributed by atoms with van der Waals surface area (Å²) in [6.45, 7) is 0. The van der Waals surface area contributed by atoms with Gasteiger partial charge in [-0.3, -0.25) is 0 Å². The van der Waals surface area contributed by atoms with Gasteiger partial charge in [-0.25, -0.2) is 0 Å². The molecule has 26 heavy (non-hydrogen) atoms. The minimum Gasteiger partial charge on any atom is -0.309 e. The van der Waals surface area contributed by atoms with E-state index in [1.54, 1.807) is 0 Å². The van der Waals surface area contributed by atoms with Crippen LogP contribution in [-0.4, -0.2) is 5.66 Å². The van der Waals surface area contributed by atoms with Crippen molar-refractivity contribution in [1.82, 2.24) is 0 Å². The van der Waals surface area contributed by atoms with Crippen LogP contribution in [0.4, 0.5) is 0 Å². The molecular formula is C24H22N2. The minimum absolute atomic E-state index is 0.628. The fourth-order valence-corrected chi connectivity index (χ4v) is 3.58. The lowest BCUT2D eigenvalue weighted by Crippen LogP contribution is -2.50. The number of nitrogens with two attached hydrogens (primary N) is 2. The smallest absolute Gasteiger partial charge is 0.0940 e. The molecule has 0 saturated heterocycles. The van der Waals surface area contributed by atoms with Crippen LogP contribution in [0.3, 0.4) is 0 Å². The summed E-state index contributed by atoms with van der Waals surface area (Å²) in [7, 11) is 0. The van der Waals surface area contributed by atoms with Gasteiger partial charge in [0.1, 0.15) is 0 Å². The van der Waals surface area contributed by atoms with Crippen LogP contribution in [0.2, 0.25) is 0 Å². The fraction of sp³-hybridized carbons (Fsp3) is 0.0833. The first-order valence-electron chi connectivity index (χ1n) is 8.86. The molecule has 0 heterocycles. The van der Waals surface area contributed by atoms with Crippen molar-refractivity contribution in [2.75, 3.05) is 0 Å². The van der Waals surface area contributed by atoms with Gasteiger partial charge in [-0.1, -0.05) is 97.1 Å². The zero-order valence-electron chi connectivity index (χ0n) is 14.6. The predicted molar refractivity (Wildman–Crippen MR) is 110 cm³/mol. The molecule has 128 valence electrons. The maximum atomic E-state index is 6.45. The SMILES string of the molecule is NC1(N)CC=CC=C1c1cccc(-c2ccccc2)c1-c1ccccc1. The van der Waals surface area contributed by atoms with Gasteiger partial charge >= 0.3 is 0 Å². The largest absolute Gasteiger partial charge is 0.309 e. The number of allylic oxidation sites excluding steroid dienone is 2. The standard InChI is InChI=1S/C24H22N2/c25-24(26)17-8-7-16-22(24)21-15-9-14-20(18-10-3-1-4-11-18)23(21)19-12-5-2-6-13-19/h1-16H,17,25-26H2. The van der Waals surface area contributed by atoms with Gasteiger partial charge in [0.15, 0.2) is 0 Å². The average Bonchev–Trinajstić information content (AvgIpc) is 2.68. The molecule has 1 aliphatic carbocycles. The summed E-state index contributed by atoms with van der Waals surface area (Å²) >= 11 is 0. The summed E-state index contributed by atoms with van der Waals surface area (Å²) in [5.74, 6) is 0. The Morgan fingerprint density at radius 3 is 1.92 bits per heavy atom. The van der Waals surface area contributed by atoms with E-state index in [2.05, 4.69) is 66.7 Å². The van der Waals surface area contributed by atoms with E-state index in [1.807, 2.05) is 30.4 Å². The number of hydrogen-bond acceptors (Lipinski definition) is 2. The number of rotatable bonds is 3. The molecule has 4 N–H and O–H groups in total. The molecule has 0 atom stereocenters. The van der Waals surface area contributed by atoms with Crippen molar-refractivity contribution in [3.8, 4) is 22.3 Å².